The van der Waals surface area contributed by atoms with Gasteiger partial charge in [-0.05, 0) is 17.5 Å². The Kier molecular flexibility index (Phi) is 4.21. The Morgan fingerprint density at radius 3 is 2.56 bits per heavy atom. The van der Waals surface area contributed by atoms with E-state index in [4.69, 9.17) is 0 Å². The molecule has 85 valence electrons. The SMILES string of the molecule is CCCCCCC[C]1C=Cc2ccccc21. The number of hydrogen-bond acceptors (Lipinski definition) is 0. The minimum absolute atomic E-state index is 1.25. The molecule has 0 unspecified atom stereocenters. The zero-order valence-electron chi connectivity index (χ0n) is 10.2. The minimum atomic E-state index is 1.25. The summed E-state index contributed by atoms with van der Waals surface area (Å²) in [6, 6.07) is 8.71. The summed E-state index contributed by atoms with van der Waals surface area (Å²) in [4.78, 5) is 0. The lowest BCUT2D eigenvalue weighted by molar-refractivity contribution is 0.624. The Bertz CT molecular complexity index is 349. The molecule has 0 bridgehead atoms. The van der Waals surface area contributed by atoms with Gasteiger partial charge in [-0.15, -0.1) is 0 Å². The first-order valence-electron chi connectivity index (χ1n) is 6.55. The maximum absolute atomic E-state index is 2.30. The van der Waals surface area contributed by atoms with Crippen molar-refractivity contribution >= 4 is 6.08 Å². The largest absolute Gasteiger partial charge is 0.0721 e. The van der Waals surface area contributed by atoms with Gasteiger partial charge in [0.15, 0.2) is 0 Å². The summed E-state index contributed by atoms with van der Waals surface area (Å²) in [5.41, 5.74) is 2.85. The molecule has 16 heavy (non-hydrogen) atoms. The van der Waals surface area contributed by atoms with Gasteiger partial charge in [-0.3, -0.25) is 0 Å². The zero-order valence-corrected chi connectivity index (χ0v) is 10.2. The maximum Gasteiger partial charge on any atom is 0.0273 e. The molecule has 0 fully saturated rings. The van der Waals surface area contributed by atoms with Crippen molar-refractivity contribution in [3.05, 3.63) is 47.4 Å². The van der Waals surface area contributed by atoms with Crippen LogP contribution in [0.1, 0.15) is 56.6 Å². The average Bonchev–Trinajstić information content (AvgIpc) is 2.73. The van der Waals surface area contributed by atoms with Crippen molar-refractivity contribution in [2.24, 2.45) is 0 Å². The van der Waals surface area contributed by atoms with Crippen LogP contribution in [0, 0.1) is 5.92 Å². The van der Waals surface area contributed by atoms with Gasteiger partial charge in [0.25, 0.3) is 0 Å². The van der Waals surface area contributed by atoms with E-state index >= 15 is 0 Å². The number of hydrogen-bond donors (Lipinski definition) is 0. The maximum atomic E-state index is 2.30. The highest BCUT2D eigenvalue weighted by Crippen LogP contribution is 2.32. The predicted molar refractivity (Wildman–Crippen MR) is 71.2 cm³/mol. The Hall–Kier alpha value is -1.04. The molecule has 0 saturated carbocycles. The van der Waals surface area contributed by atoms with Gasteiger partial charge in [0.2, 0.25) is 0 Å². The van der Waals surface area contributed by atoms with Gasteiger partial charge in [0.05, 0.1) is 0 Å². The van der Waals surface area contributed by atoms with Gasteiger partial charge in [-0.2, -0.15) is 0 Å². The summed E-state index contributed by atoms with van der Waals surface area (Å²) < 4.78 is 0. The summed E-state index contributed by atoms with van der Waals surface area (Å²) >= 11 is 0. The molecule has 0 heteroatoms. The summed E-state index contributed by atoms with van der Waals surface area (Å²) in [6.07, 6.45) is 12.6. The van der Waals surface area contributed by atoms with Gasteiger partial charge in [0, 0.05) is 5.92 Å². The summed E-state index contributed by atoms with van der Waals surface area (Å²) in [7, 11) is 0. The second-order valence-electron chi connectivity index (χ2n) is 4.61. The number of fused-ring (bicyclic) bond motifs is 1. The van der Waals surface area contributed by atoms with E-state index in [1.54, 1.807) is 0 Å². The Balaban J connectivity index is 1.78. The molecule has 1 aromatic rings. The first kappa shape index (κ1) is 11.4. The van der Waals surface area contributed by atoms with Crippen molar-refractivity contribution < 1.29 is 0 Å². The van der Waals surface area contributed by atoms with Gasteiger partial charge in [0.1, 0.15) is 0 Å². The molecule has 0 saturated heterocycles. The smallest absolute Gasteiger partial charge is 0.0273 e. The fourth-order valence-electron chi connectivity index (χ4n) is 2.35. The molecule has 1 aromatic carbocycles. The van der Waals surface area contributed by atoms with E-state index in [0.29, 0.717) is 0 Å². The highest BCUT2D eigenvalue weighted by atomic mass is 14.2. The van der Waals surface area contributed by atoms with Gasteiger partial charge < -0.3 is 0 Å². The van der Waals surface area contributed by atoms with Gasteiger partial charge >= 0.3 is 0 Å². The summed E-state index contributed by atoms with van der Waals surface area (Å²) in [5.74, 6) is 1.53. The van der Waals surface area contributed by atoms with Crippen LogP contribution in [0.3, 0.4) is 0 Å². The van der Waals surface area contributed by atoms with Crippen molar-refractivity contribution in [2.45, 2.75) is 45.4 Å². The van der Waals surface area contributed by atoms with Crippen LogP contribution in [-0.2, 0) is 0 Å². The van der Waals surface area contributed by atoms with Crippen LogP contribution in [0.25, 0.3) is 6.08 Å². The van der Waals surface area contributed by atoms with Crippen molar-refractivity contribution in [1.82, 2.24) is 0 Å². The van der Waals surface area contributed by atoms with Crippen LogP contribution in [0.15, 0.2) is 30.3 Å². The Labute approximate surface area is 99.4 Å². The average molecular weight is 213 g/mol. The van der Waals surface area contributed by atoms with Gasteiger partial charge in [-0.25, -0.2) is 0 Å². The number of rotatable bonds is 6. The third kappa shape index (κ3) is 2.75. The summed E-state index contributed by atoms with van der Waals surface area (Å²) in [5, 5.41) is 0. The fraction of sp³-hybridized carbons (Fsp3) is 0.438. The van der Waals surface area contributed by atoms with E-state index < -0.39 is 0 Å². The molecular weight excluding hydrogens is 192 g/mol. The van der Waals surface area contributed by atoms with Crippen LogP contribution in [0.2, 0.25) is 0 Å². The number of unbranched alkanes of at least 4 members (excludes halogenated alkanes) is 4. The molecule has 0 amide bonds. The van der Waals surface area contributed by atoms with E-state index in [0.717, 1.165) is 0 Å². The van der Waals surface area contributed by atoms with Crippen LogP contribution in [0.4, 0.5) is 0 Å². The Morgan fingerprint density at radius 2 is 1.69 bits per heavy atom. The van der Waals surface area contributed by atoms with Crippen molar-refractivity contribution in [1.29, 1.82) is 0 Å². The number of benzene rings is 1. The molecule has 0 aromatic heterocycles. The molecule has 1 aliphatic carbocycles. The predicted octanol–water partition coefficient (Wildman–Crippen LogP) is 5.00. The van der Waals surface area contributed by atoms with Crippen molar-refractivity contribution in [3.8, 4) is 0 Å². The van der Waals surface area contributed by atoms with Crippen LogP contribution < -0.4 is 0 Å². The third-order valence-corrected chi connectivity index (χ3v) is 3.32. The molecular formula is C16H21. The molecule has 0 atom stereocenters. The molecule has 0 aliphatic heterocycles. The highest BCUT2D eigenvalue weighted by molar-refractivity contribution is 5.68. The fourth-order valence-corrected chi connectivity index (χ4v) is 2.35. The Morgan fingerprint density at radius 1 is 0.875 bits per heavy atom. The lowest BCUT2D eigenvalue weighted by Crippen LogP contribution is -1.94. The van der Waals surface area contributed by atoms with Gasteiger partial charge in [-0.1, -0.05) is 75.4 Å². The van der Waals surface area contributed by atoms with Crippen LogP contribution >= 0.6 is 0 Å². The van der Waals surface area contributed by atoms with E-state index in [1.165, 1.54) is 55.6 Å². The standard InChI is InChI=1S/C16H21/c1-2-3-4-5-6-9-14-12-13-15-10-7-8-11-16(14)15/h7-8,10-13H,2-6,9H2,1H3. The second-order valence-corrected chi connectivity index (χ2v) is 4.61. The molecule has 0 spiro atoms. The van der Waals surface area contributed by atoms with E-state index in [2.05, 4.69) is 43.3 Å². The summed E-state index contributed by atoms with van der Waals surface area (Å²) in [6.45, 7) is 2.27. The molecule has 0 N–H and O–H groups in total. The molecule has 1 radical (unpaired) electrons. The second kappa shape index (κ2) is 5.89. The van der Waals surface area contributed by atoms with Crippen LogP contribution in [0.5, 0.6) is 0 Å². The highest BCUT2D eigenvalue weighted by Gasteiger charge is 2.16. The quantitative estimate of drug-likeness (QED) is 0.583. The molecule has 0 nitrogen and oxygen atoms in total. The topological polar surface area (TPSA) is 0 Å². The molecule has 1 aliphatic rings. The monoisotopic (exact) mass is 213 g/mol. The van der Waals surface area contributed by atoms with Crippen molar-refractivity contribution in [2.75, 3.05) is 0 Å². The normalized spacial score (nSPS) is 14.3. The van der Waals surface area contributed by atoms with Crippen molar-refractivity contribution in [3.63, 3.8) is 0 Å². The molecule has 0 heterocycles. The van der Waals surface area contributed by atoms with Crippen LogP contribution in [-0.4, -0.2) is 0 Å². The first-order chi connectivity index (χ1) is 7.92. The van der Waals surface area contributed by atoms with E-state index in [9.17, 15) is 0 Å². The lowest BCUT2D eigenvalue weighted by atomic mass is 9.95. The minimum Gasteiger partial charge on any atom is -0.0721 e. The van der Waals surface area contributed by atoms with E-state index in [1.807, 2.05) is 0 Å². The zero-order chi connectivity index (χ0) is 11.2. The lowest BCUT2D eigenvalue weighted by Gasteiger charge is -2.09. The first-order valence-corrected chi connectivity index (χ1v) is 6.55. The van der Waals surface area contributed by atoms with E-state index in [-0.39, 0.29) is 0 Å². The molecule has 2 rings (SSSR count). The number of allylic oxidation sites excluding steroid dienone is 1. The third-order valence-electron chi connectivity index (χ3n) is 3.32.